The third-order valence-corrected chi connectivity index (χ3v) is 5.51. The minimum absolute atomic E-state index is 0.0923. The SMILES string of the molecule is COc1cc2c(cc1O)-c1c3c(cc4c1[C@H](C2)N(C)CC4O)OCO3. The highest BCUT2D eigenvalue weighted by Crippen LogP contribution is 2.56. The number of methoxy groups -OCH3 is 1. The Hall–Kier alpha value is -2.44. The number of phenolic OH excluding ortho intramolecular Hbond substituents is 1. The number of aliphatic hydroxyl groups is 1. The first kappa shape index (κ1) is 14.9. The molecule has 130 valence electrons. The van der Waals surface area contributed by atoms with Crippen LogP contribution in [0.5, 0.6) is 23.0 Å². The second-order valence-electron chi connectivity index (χ2n) is 6.84. The van der Waals surface area contributed by atoms with Crippen LogP contribution in [-0.2, 0) is 6.42 Å². The quantitative estimate of drug-likeness (QED) is 0.830. The summed E-state index contributed by atoms with van der Waals surface area (Å²) < 4.78 is 16.6. The number of aliphatic hydroxyl groups excluding tert-OH is 1. The van der Waals surface area contributed by atoms with E-state index in [0.717, 1.165) is 34.2 Å². The van der Waals surface area contributed by atoms with Crippen LogP contribution in [0.2, 0.25) is 0 Å². The zero-order valence-electron chi connectivity index (χ0n) is 14.1. The van der Waals surface area contributed by atoms with Gasteiger partial charge in [-0.05, 0) is 53.9 Å². The van der Waals surface area contributed by atoms with E-state index in [9.17, 15) is 10.2 Å². The molecule has 2 heterocycles. The van der Waals surface area contributed by atoms with E-state index in [-0.39, 0.29) is 18.6 Å². The molecule has 0 saturated heterocycles. The second kappa shape index (κ2) is 5.03. The van der Waals surface area contributed by atoms with Crippen molar-refractivity contribution in [2.45, 2.75) is 18.6 Å². The lowest BCUT2D eigenvalue weighted by molar-refractivity contribution is 0.0831. The maximum atomic E-state index is 10.6. The highest BCUT2D eigenvalue weighted by atomic mass is 16.7. The summed E-state index contributed by atoms with van der Waals surface area (Å²) in [5.74, 6) is 1.90. The molecule has 1 unspecified atom stereocenters. The third kappa shape index (κ3) is 1.92. The summed E-state index contributed by atoms with van der Waals surface area (Å²) in [4.78, 5) is 2.17. The van der Waals surface area contributed by atoms with E-state index in [4.69, 9.17) is 14.2 Å². The first-order chi connectivity index (χ1) is 12.1. The fourth-order valence-electron chi connectivity index (χ4n) is 4.34. The third-order valence-electron chi connectivity index (χ3n) is 5.51. The van der Waals surface area contributed by atoms with E-state index in [1.54, 1.807) is 13.2 Å². The Balaban J connectivity index is 1.86. The molecule has 2 aromatic rings. The predicted octanol–water partition coefficient (Wildman–Crippen LogP) is 2.37. The zero-order chi connectivity index (χ0) is 17.3. The van der Waals surface area contributed by atoms with Crippen molar-refractivity contribution in [3.05, 3.63) is 34.9 Å². The monoisotopic (exact) mass is 341 g/mol. The van der Waals surface area contributed by atoms with Crippen molar-refractivity contribution in [1.82, 2.24) is 4.90 Å². The molecule has 2 aromatic carbocycles. The van der Waals surface area contributed by atoms with Crippen LogP contribution >= 0.6 is 0 Å². The van der Waals surface area contributed by atoms with Crippen LogP contribution in [0.1, 0.15) is 28.8 Å². The summed E-state index contributed by atoms with van der Waals surface area (Å²) in [5.41, 5.74) is 4.88. The van der Waals surface area contributed by atoms with Crippen molar-refractivity contribution in [2.24, 2.45) is 0 Å². The highest BCUT2D eigenvalue weighted by molar-refractivity contribution is 5.85. The number of rotatable bonds is 1. The highest BCUT2D eigenvalue weighted by Gasteiger charge is 2.40. The maximum Gasteiger partial charge on any atom is 0.231 e. The van der Waals surface area contributed by atoms with Crippen molar-refractivity contribution in [3.63, 3.8) is 0 Å². The summed E-state index contributed by atoms with van der Waals surface area (Å²) in [6.45, 7) is 0.737. The van der Waals surface area contributed by atoms with Gasteiger partial charge in [-0.2, -0.15) is 0 Å². The number of hydrogen-bond acceptors (Lipinski definition) is 6. The van der Waals surface area contributed by atoms with Crippen LogP contribution in [0.15, 0.2) is 18.2 Å². The molecule has 6 nitrogen and oxygen atoms in total. The summed E-state index contributed by atoms with van der Waals surface area (Å²) in [6.07, 6.45) is 0.215. The van der Waals surface area contributed by atoms with Crippen LogP contribution in [0.25, 0.3) is 11.1 Å². The molecule has 0 aromatic heterocycles. The van der Waals surface area contributed by atoms with Gasteiger partial charge in [0.15, 0.2) is 23.0 Å². The minimum atomic E-state index is -0.571. The van der Waals surface area contributed by atoms with E-state index >= 15 is 0 Å². The molecule has 0 radical (unpaired) electrons. The predicted molar refractivity (Wildman–Crippen MR) is 90.3 cm³/mol. The van der Waals surface area contributed by atoms with Crippen molar-refractivity contribution in [3.8, 4) is 34.1 Å². The number of hydrogen-bond donors (Lipinski definition) is 2. The van der Waals surface area contributed by atoms with Gasteiger partial charge >= 0.3 is 0 Å². The van der Waals surface area contributed by atoms with Gasteiger partial charge in [-0.25, -0.2) is 0 Å². The lowest BCUT2D eigenvalue weighted by Gasteiger charge is -2.41. The number of β-amino-alcohol motifs (C(OH)–C–C–N with tert-alkyl or cyclic N) is 1. The van der Waals surface area contributed by atoms with Crippen molar-refractivity contribution in [2.75, 3.05) is 27.5 Å². The molecule has 6 heteroatoms. The Labute approximate surface area is 145 Å². The average Bonchev–Trinajstić information content (AvgIpc) is 3.06. The van der Waals surface area contributed by atoms with Crippen molar-refractivity contribution < 1.29 is 24.4 Å². The van der Waals surface area contributed by atoms with Crippen LogP contribution < -0.4 is 14.2 Å². The molecular formula is C19H19NO5. The van der Waals surface area contributed by atoms with Crippen LogP contribution in [0.3, 0.4) is 0 Å². The first-order valence-corrected chi connectivity index (χ1v) is 8.33. The lowest BCUT2D eigenvalue weighted by Crippen LogP contribution is -2.38. The Bertz CT molecular complexity index is 894. The average molecular weight is 341 g/mol. The maximum absolute atomic E-state index is 10.6. The number of ether oxygens (including phenoxy) is 3. The Kier molecular flexibility index (Phi) is 2.99. The van der Waals surface area contributed by atoms with E-state index in [1.165, 1.54) is 0 Å². The summed E-state index contributed by atoms with van der Waals surface area (Å²) in [6, 6.07) is 5.66. The smallest absolute Gasteiger partial charge is 0.231 e. The van der Waals surface area contributed by atoms with Crippen molar-refractivity contribution >= 4 is 0 Å². The van der Waals surface area contributed by atoms with Gasteiger partial charge in [0.25, 0.3) is 0 Å². The molecule has 0 amide bonds. The molecule has 25 heavy (non-hydrogen) atoms. The lowest BCUT2D eigenvalue weighted by atomic mass is 9.76. The van der Waals surface area contributed by atoms with E-state index in [2.05, 4.69) is 4.90 Å². The van der Waals surface area contributed by atoms with Gasteiger partial charge in [-0.3, -0.25) is 4.90 Å². The van der Waals surface area contributed by atoms with Gasteiger partial charge in [-0.1, -0.05) is 0 Å². The van der Waals surface area contributed by atoms with Crippen LogP contribution in [-0.4, -0.2) is 42.6 Å². The van der Waals surface area contributed by atoms with Crippen LogP contribution in [0, 0.1) is 0 Å². The number of likely N-dealkylation sites (N-methyl/N-ethyl adjacent to an activating group) is 1. The fourth-order valence-corrected chi connectivity index (χ4v) is 4.34. The number of phenols is 1. The first-order valence-electron chi connectivity index (χ1n) is 8.33. The molecule has 0 fully saturated rings. The Morgan fingerprint density at radius 1 is 1.24 bits per heavy atom. The Morgan fingerprint density at radius 2 is 2.08 bits per heavy atom. The molecule has 1 aliphatic carbocycles. The summed E-state index contributed by atoms with van der Waals surface area (Å²) in [7, 11) is 3.57. The van der Waals surface area contributed by atoms with Gasteiger partial charge in [0.1, 0.15) is 0 Å². The number of fused-ring (bicyclic) bond motifs is 4. The van der Waals surface area contributed by atoms with E-state index in [1.807, 2.05) is 19.2 Å². The van der Waals surface area contributed by atoms with Gasteiger partial charge < -0.3 is 24.4 Å². The molecule has 3 aliphatic rings. The molecule has 0 spiro atoms. The standard InChI is InChI=1S/C19H19NO5/c1-20-7-14(22)11-6-16-19(25-8-24-16)18-10-5-13(21)15(23-2)4-9(10)3-12(20)17(11)18/h4-6,12,14,21-22H,3,7-8H2,1-2H3/t12-,14?/m0/s1. The molecule has 5 rings (SSSR count). The normalized spacial score (nSPS) is 23.2. The van der Waals surface area contributed by atoms with Crippen molar-refractivity contribution in [1.29, 1.82) is 0 Å². The molecular weight excluding hydrogens is 322 g/mol. The van der Waals surface area contributed by atoms with Gasteiger partial charge in [0.05, 0.1) is 13.2 Å². The molecule has 0 saturated carbocycles. The number of aromatic hydroxyl groups is 1. The number of benzene rings is 2. The fraction of sp³-hybridized carbons (Fsp3) is 0.368. The second-order valence-corrected chi connectivity index (χ2v) is 6.84. The molecule has 2 aliphatic heterocycles. The van der Waals surface area contributed by atoms with E-state index in [0.29, 0.717) is 23.8 Å². The van der Waals surface area contributed by atoms with Gasteiger partial charge in [0.2, 0.25) is 6.79 Å². The van der Waals surface area contributed by atoms with E-state index < -0.39 is 6.10 Å². The Morgan fingerprint density at radius 3 is 2.88 bits per heavy atom. The minimum Gasteiger partial charge on any atom is -0.504 e. The zero-order valence-corrected chi connectivity index (χ0v) is 14.1. The summed E-state index contributed by atoms with van der Waals surface area (Å²) >= 11 is 0. The van der Waals surface area contributed by atoms with Gasteiger partial charge in [0, 0.05) is 18.2 Å². The summed E-state index contributed by atoms with van der Waals surface area (Å²) in [5, 5.41) is 20.9. The molecule has 0 bridgehead atoms. The largest absolute Gasteiger partial charge is 0.504 e. The number of nitrogens with zero attached hydrogens (tertiary/aromatic N) is 1. The molecule has 2 atom stereocenters. The van der Waals surface area contributed by atoms with Gasteiger partial charge in [-0.15, -0.1) is 0 Å². The topological polar surface area (TPSA) is 71.4 Å². The molecule has 2 N–H and O–H groups in total. The van der Waals surface area contributed by atoms with Crippen LogP contribution in [0.4, 0.5) is 0 Å².